The lowest BCUT2D eigenvalue weighted by Gasteiger charge is -1.98. The van der Waals surface area contributed by atoms with Crippen LogP contribution < -0.4 is 0 Å². The van der Waals surface area contributed by atoms with Crippen LogP contribution in [-0.4, -0.2) is 28.3 Å². The van der Waals surface area contributed by atoms with Crippen molar-refractivity contribution in [1.29, 1.82) is 0 Å². The van der Waals surface area contributed by atoms with Crippen molar-refractivity contribution in [3.8, 4) is 0 Å². The van der Waals surface area contributed by atoms with Crippen molar-refractivity contribution in [2.24, 2.45) is 0 Å². The lowest BCUT2D eigenvalue weighted by atomic mass is 10.8. The van der Waals surface area contributed by atoms with Crippen LogP contribution in [0.15, 0.2) is 0 Å². The van der Waals surface area contributed by atoms with Gasteiger partial charge in [-0.15, -0.1) is 0 Å². The summed E-state index contributed by atoms with van der Waals surface area (Å²) in [5.74, 6) is 0. The van der Waals surface area contributed by atoms with Gasteiger partial charge in [0.2, 0.25) is 0 Å². The van der Waals surface area contributed by atoms with Gasteiger partial charge in [0.05, 0.1) is 13.2 Å². The summed E-state index contributed by atoms with van der Waals surface area (Å²) in [6, 6.07) is 0. The van der Waals surface area contributed by atoms with Crippen LogP contribution in [-0.2, 0) is 12.5 Å². The summed E-state index contributed by atoms with van der Waals surface area (Å²) in [6.45, 7) is -0.250. The standard InChI is InChI=1S/C2H6O2.H3O4PS2/c3-1-2-4;1-5(2,3-6)4-7/h3-4H,1-2H2;6-7H,(H,1,2). The summed E-state index contributed by atoms with van der Waals surface area (Å²) in [4.78, 5) is 8.09. The molecule has 0 amide bonds. The highest BCUT2D eigenvalue weighted by atomic mass is 32.1. The van der Waals surface area contributed by atoms with E-state index in [1.54, 1.807) is 0 Å². The van der Waals surface area contributed by atoms with Gasteiger partial charge in [0.1, 0.15) is 0 Å². The second-order valence-corrected chi connectivity index (χ2v) is 3.32. The first-order chi connectivity index (χ1) is 5.04. The maximum Gasteiger partial charge on any atom is 0.494 e. The second-order valence-electron chi connectivity index (χ2n) is 1.08. The highest BCUT2D eigenvalue weighted by Gasteiger charge is 2.16. The van der Waals surface area contributed by atoms with E-state index >= 15 is 0 Å². The van der Waals surface area contributed by atoms with Crippen LogP contribution in [0.25, 0.3) is 0 Å². The van der Waals surface area contributed by atoms with Crippen molar-refractivity contribution in [3.63, 3.8) is 0 Å². The van der Waals surface area contributed by atoms with E-state index in [0.717, 1.165) is 0 Å². The first-order valence-electron chi connectivity index (χ1n) is 2.25. The zero-order valence-corrected chi connectivity index (χ0v) is 8.01. The molecule has 70 valence electrons. The molecule has 0 aliphatic heterocycles. The fourth-order valence-corrected chi connectivity index (χ4v) is 0.402. The highest BCUT2D eigenvalue weighted by molar-refractivity contribution is 7.85. The molecule has 0 saturated carbocycles. The van der Waals surface area contributed by atoms with Crippen LogP contribution in [0.4, 0.5) is 0 Å². The maximum atomic E-state index is 9.91. The van der Waals surface area contributed by atoms with E-state index in [4.69, 9.17) is 15.1 Å². The van der Waals surface area contributed by atoms with Crippen molar-refractivity contribution in [2.75, 3.05) is 13.2 Å². The van der Waals surface area contributed by atoms with Gasteiger partial charge in [-0.25, -0.2) is 12.5 Å². The van der Waals surface area contributed by atoms with Crippen LogP contribution in [0.1, 0.15) is 0 Å². The fraction of sp³-hybridized carbons (Fsp3) is 1.00. The van der Waals surface area contributed by atoms with E-state index in [0.29, 0.717) is 0 Å². The van der Waals surface area contributed by atoms with Crippen LogP contribution in [0, 0.1) is 0 Å². The Balaban J connectivity index is 0. The summed E-state index contributed by atoms with van der Waals surface area (Å²) in [6.07, 6.45) is 0. The van der Waals surface area contributed by atoms with Gasteiger partial charge in [0.25, 0.3) is 0 Å². The fourth-order valence-electron chi connectivity index (χ4n) is 0.0149. The minimum absolute atomic E-state index is 0.125. The molecule has 6 nitrogen and oxygen atoms in total. The minimum atomic E-state index is -3.93. The Labute approximate surface area is 75.0 Å². The number of thiol groups is 2. The van der Waals surface area contributed by atoms with Gasteiger partial charge >= 0.3 is 7.82 Å². The predicted molar refractivity (Wildman–Crippen MR) is 44.1 cm³/mol. The molecule has 0 rings (SSSR count). The monoisotopic (exact) mass is 224 g/mol. The first-order valence-corrected chi connectivity index (χ1v) is 4.47. The largest absolute Gasteiger partial charge is 0.494 e. The van der Waals surface area contributed by atoms with Crippen LogP contribution in [0.2, 0.25) is 0 Å². The predicted octanol–water partition coefficient (Wildman–Crippen LogP) is -0.219. The Hall–Kier alpha value is 0.730. The van der Waals surface area contributed by atoms with Gasteiger partial charge in [0, 0.05) is 0 Å². The molecule has 0 bridgehead atoms. The third-order valence-corrected chi connectivity index (χ3v) is 1.96. The first kappa shape index (κ1) is 14.3. The van der Waals surface area contributed by atoms with E-state index in [1.807, 2.05) is 0 Å². The molecule has 0 aromatic heterocycles. The molecule has 0 heterocycles. The van der Waals surface area contributed by atoms with Gasteiger partial charge < -0.3 is 15.1 Å². The zero-order valence-electron chi connectivity index (χ0n) is 5.32. The van der Waals surface area contributed by atoms with Gasteiger partial charge in [-0.3, -0.25) is 0 Å². The number of aliphatic hydroxyl groups excluding tert-OH is 2. The molecule has 0 aliphatic carbocycles. The van der Waals surface area contributed by atoms with Crippen molar-refractivity contribution in [1.82, 2.24) is 0 Å². The molecule has 0 atom stereocenters. The molecule has 9 heteroatoms. The molecule has 0 spiro atoms. The molecule has 0 aromatic rings. The molecule has 0 fully saturated rings. The van der Waals surface area contributed by atoms with E-state index in [1.165, 1.54) is 0 Å². The molecule has 11 heavy (non-hydrogen) atoms. The highest BCUT2D eigenvalue weighted by Crippen LogP contribution is 2.45. The molecule has 0 unspecified atom stereocenters. The number of phosphoric acid groups is 1. The third-order valence-electron chi connectivity index (χ3n) is 0.306. The van der Waals surface area contributed by atoms with Crippen molar-refractivity contribution < 1.29 is 27.6 Å². The number of hydrogen-bond donors (Lipinski definition) is 5. The molecule has 3 N–H and O–H groups in total. The molecule has 0 aromatic carbocycles. The van der Waals surface area contributed by atoms with Crippen LogP contribution in [0.5, 0.6) is 0 Å². The smallest absolute Gasteiger partial charge is 0.394 e. The second kappa shape index (κ2) is 8.82. The van der Waals surface area contributed by atoms with Gasteiger partial charge in [-0.1, -0.05) is 0 Å². The Kier molecular flexibility index (Phi) is 11.4. The summed E-state index contributed by atoms with van der Waals surface area (Å²) < 4.78 is 17.1. The van der Waals surface area contributed by atoms with Crippen molar-refractivity contribution in [3.05, 3.63) is 0 Å². The summed E-state index contributed by atoms with van der Waals surface area (Å²) in [7, 11) is -3.93. The topological polar surface area (TPSA) is 96.2 Å². The lowest BCUT2D eigenvalue weighted by Crippen LogP contribution is -1.85. The van der Waals surface area contributed by atoms with E-state index in [-0.39, 0.29) is 13.2 Å². The van der Waals surface area contributed by atoms with Gasteiger partial charge in [-0.05, 0) is 25.8 Å². The van der Waals surface area contributed by atoms with Crippen molar-refractivity contribution >= 4 is 33.6 Å². The van der Waals surface area contributed by atoms with E-state index in [2.05, 4.69) is 33.8 Å². The molecule has 0 radical (unpaired) electrons. The Morgan fingerprint density at radius 1 is 1.18 bits per heavy atom. The normalized spacial score (nSPS) is 10.3. The quantitative estimate of drug-likeness (QED) is 0.258. The average molecular weight is 224 g/mol. The minimum Gasteiger partial charge on any atom is -0.394 e. The Bertz CT molecular complexity index is 109. The number of aliphatic hydroxyl groups is 2. The van der Waals surface area contributed by atoms with Gasteiger partial charge in [0.15, 0.2) is 0 Å². The number of hydrogen-bond acceptors (Lipinski definition) is 7. The van der Waals surface area contributed by atoms with Gasteiger partial charge in [-0.2, -0.15) is 0 Å². The molecule has 0 aliphatic rings. The lowest BCUT2D eigenvalue weighted by molar-refractivity contribution is 0.186. The third kappa shape index (κ3) is 13.7. The van der Waals surface area contributed by atoms with Crippen molar-refractivity contribution in [2.45, 2.75) is 0 Å². The molecular weight excluding hydrogens is 215 g/mol. The zero-order chi connectivity index (χ0) is 9.33. The molecule has 0 saturated heterocycles. The number of rotatable bonds is 3. The van der Waals surface area contributed by atoms with E-state index in [9.17, 15) is 4.57 Å². The Morgan fingerprint density at radius 2 is 1.45 bits per heavy atom. The van der Waals surface area contributed by atoms with Crippen LogP contribution in [0.3, 0.4) is 0 Å². The maximum absolute atomic E-state index is 9.91. The molecular formula is C2H9O6PS2. The Morgan fingerprint density at radius 3 is 1.45 bits per heavy atom. The SMILES string of the molecule is O=P(O)(OS)OS.OCCO. The summed E-state index contributed by atoms with van der Waals surface area (Å²) >= 11 is 5.99. The summed E-state index contributed by atoms with van der Waals surface area (Å²) in [5.41, 5.74) is 0. The van der Waals surface area contributed by atoms with E-state index < -0.39 is 7.82 Å². The van der Waals surface area contributed by atoms with Crippen LogP contribution >= 0.6 is 33.6 Å². The summed E-state index contributed by atoms with van der Waals surface area (Å²) in [5, 5.41) is 15.2. The average Bonchev–Trinajstić information content (AvgIpc) is 2.05.